The first kappa shape index (κ1) is 18.6. The van der Waals surface area contributed by atoms with Crippen LogP contribution in [0.25, 0.3) is 11.4 Å². The van der Waals surface area contributed by atoms with Gasteiger partial charge in [-0.25, -0.2) is 14.7 Å². The van der Waals surface area contributed by atoms with Gasteiger partial charge in [-0.05, 0) is 29.8 Å². The fourth-order valence-corrected chi connectivity index (χ4v) is 4.18. The molecule has 0 aliphatic carbocycles. The Bertz CT molecular complexity index is 1340. The van der Waals surface area contributed by atoms with E-state index in [-0.39, 0.29) is 6.04 Å². The first-order valence-corrected chi connectivity index (χ1v) is 10.2. The van der Waals surface area contributed by atoms with Gasteiger partial charge in [0.2, 0.25) is 5.90 Å². The molecule has 6 rings (SSSR count). The molecular weight excluding hydrogens is 408 g/mol. The molecule has 1 atom stereocenters. The Balaban J connectivity index is 1.42. The quantitative estimate of drug-likeness (QED) is 0.437. The van der Waals surface area contributed by atoms with Crippen LogP contribution in [0.1, 0.15) is 28.7 Å². The number of fused-ring (bicyclic) bond motifs is 5. The van der Waals surface area contributed by atoms with Gasteiger partial charge in [-0.1, -0.05) is 17.3 Å². The van der Waals surface area contributed by atoms with E-state index in [0.29, 0.717) is 18.9 Å². The summed E-state index contributed by atoms with van der Waals surface area (Å²) in [4.78, 5) is 9.52. The molecule has 0 radical (unpaired) electrons. The van der Waals surface area contributed by atoms with Crippen molar-refractivity contribution in [2.24, 2.45) is 4.99 Å². The molecule has 9 nitrogen and oxygen atoms in total. The van der Waals surface area contributed by atoms with E-state index < -0.39 is 0 Å². The van der Waals surface area contributed by atoms with E-state index in [1.54, 1.807) is 20.4 Å². The van der Waals surface area contributed by atoms with Crippen LogP contribution in [0.4, 0.5) is 0 Å². The maximum absolute atomic E-state index is 6.01. The molecule has 0 N–H and O–H groups in total. The lowest BCUT2D eigenvalue weighted by atomic mass is 10.1. The van der Waals surface area contributed by atoms with Gasteiger partial charge in [-0.3, -0.25) is 4.57 Å². The average molecular weight is 428 g/mol. The second-order valence-corrected chi connectivity index (χ2v) is 7.61. The summed E-state index contributed by atoms with van der Waals surface area (Å²) in [6, 6.07) is 13.7. The Morgan fingerprint density at radius 3 is 2.62 bits per heavy atom. The third-order valence-corrected chi connectivity index (χ3v) is 5.86. The summed E-state index contributed by atoms with van der Waals surface area (Å²) in [5, 5.41) is 8.42. The molecule has 0 spiro atoms. The number of benzene rings is 2. The molecule has 2 aliphatic rings. The van der Waals surface area contributed by atoms with Crippen LogP contribution in [0.5, 0.6) is 11.5 Å². The Labute approximate surface area is 183 Å². The summed E-state index contributed by atoms with van der Waals surface area (Å²) in [5.74, 6) is 2.12. The normalized spacial score (nSPS) is 16.3. The average Bonchev–Trinajstić information content (AvgIpc) is 3.58. The van der Waals surface area contributed by atoms with Crippen LogP contribution in [-0.2, 0) is 11.2 Å². The van der Waals surface area contributed by atoms with E-state index in [1.165, 1.54) is 0 Å². The summed E-state index contributed by atoms with van der Waals surface area (Å²) in [5.41, 5.74) is 5.55. The highest BCUT2D eigenvalue weighted by Crippen LogP contribution is 2.33. The molecule has 9 heteroatoms. The minimum absolute atomic E-state index is 0.0808. The van der Waals surface area contributed by atoms with Crippen molar-refractivity contribution in [1.29, 1.82) is 0 Å². The second-order valence-electron chi connectivity index (χ2n) is 7.61. The molecule has 0 bridgehead atoms. The molecule has 2 aliphatic heterocycles. The van der Waals surface area contributed by atoms with Gasteiger partial charge in [0.05, 0.1) is 43.2 Å². The summed E-state index contributed by atoms with van der Waals surface area (Å²) < 4.78 is 20.6. The lowest BCUT2D eigenvalue weighted by molar-refractivity contribution is 0.319. The van der Waals surface area contributed by atoms with Crippen LogP contribution in [0.2, 0.25) is 0 Å². The maximum atomic E-state index is 6.01. The van der Waals surface area contributed by atoms with Gasteiger partial charge in [-0.15, -0.1) is 5.10 Å². The van der Waals surface area contributed by atoms with Crippen LogP contribution in [-0.4, -0.2) is 51.3 Å². The van der Waals surface area contributed by atoms with Crippen LogP contribution in [0.15, 0.2) is 60.0 Å². The smallest absolute Gasteiger partial charge is 0.238 e. The van der Waals surface area contributed by atoms with Gasteiger partial charge in [0.15, 0.2) is 0 Å². The number of nitrogens with zero attached hydrogens (tertiary/aromatic N) is 6. The fraction of sp³-hybridized carbons (Fsp3) is 0.217. The second kappa shape index (κ2) is 7.23. The fourth-order valence-electron chi connectivity index (χ4n) is 4.18. The van der Waals surface area contributed by atoms with Crippen LogP contribution >= 0.6 is 0 Å². The third-order valence-electron chi connectivity index (χ3n) is 5.86. The molecule has 2 aromatic heterocycles. The SMILES string of the molecule is COc1ccc([C@@H]2COC(c3ncn4c3Cc3cnnn3-c3cc(OC)ccc3-4)=N2)cc1. The Morgan fingerprint density at radius 1 is 1.00 bits per heavy atom. The first-order chi connectivity index (χ1) is 15.7. The standard InChI is InChI=1S/C23H20N6O3/c1-30-16-5-3-14(4-6-16)18-12-32-23(26-18)22-21-9-15-11-25-27-29(15)20-10-17(31-2)7-8-19(20)28(21)13-24-22/h3-8,10-11,13,18H,9,12H2,1-2H3/t18-/m0/s1. The van der Waals surface area contributed by atoms with Crippen molar-refractivity contribution in [1.82, 2.24) is 24.5 Å². The molecule has 0 unspecified atom stereocenters. The molecule has 4 aromatic rings. The van der Waals surface area contributed by atoms with Crippen LogP contribution < -0.4 is 9.47 Å². The van der Waals surface area contributed by atoms with Crippen molar-refractivity contribution in [2.75, 3.05) is 20.8 Å². The lowest BCUT2D eigenvalue weighted by Gasteiger charge is -2.11. The molecule has 0 amide bonds. The third kappa shape index (κ3) is 2.85. The van der Waals surface area contributed by atoms with Gasteiger partial charge in [0, 0.05) is 12.5 Å². The molecule has 0 fully saturated rings. The Hall–Kier alpha value is -4.14. The summed E-state index contributed by atoms with van der Waals surface area (Å²) >= 11 is 0. The monoisotopic (exact) mass is 428 g/mol. The predicted octanol–water partition coefficient (Wildman–Crippen LogP) is 2.89. The van der Waals surface area contributed by atoms with E-state index in [0.717, 1.165) is 45.5 Å². The Morgan fingerprint density at radius 2 is 1.81 bits per heavy atom. The number of rotatable bonds is 4. The number of aromatic nitrogens is 5. The first-order valence-electron chi connectivity index (χ1n) is 10.2. The Kier molecular flexibility index (Phi) is 4.20. The molecule has 4 heterocycles. The predicted molar refractivity (Wildman–Crippen MR) is 116 cm³/mol. The van der Waals surface area contributed by atoms with E-state index in [1.807, 2.05) is 53.5 Å². The van der Waals surface area contributed by atoms with Gasteiger partial charge < -0.3 is 14.2 Å². The van der Waals surface area contributed by atoms with Gasteiger partial charge >= 0.3 is 0 Å². The number of hydrogen-bond acceptors (Lipinski definition) is 7. The topological polar surface area (TPSA) is 88.6 Å². The highest BCUT2D eigenvalue weighted by Gasteiger charge is 2.29. The van der Waals surface area contributed by atoms with Crippen molar-refractivity contribution in [3.05, 3.63) is 77.6 Å². The minimum Gasteiger partial charge on any atom is -0.497 e. The van der Waals surface area contributed by atoms with Crippen molar-refractivity contribution >= 4 is 5.90 Å². The number of methoxy groups -OCH3 is 2. The van der Waals surface area contributed by atoms with E-state index >= 15 is 0 Å². The molecule has 0 saturated heterocycles. The van der Waals surface area contributed by atoms with E-state index in [9.17, 15) is 0 Å². The van der Waals surface area contributed by atoms with Gasteiger partial charge in [-0.2, -0.15) is 0 Å². The molecule has 160 valence electrons. The lowest BCUT2D eigenvalue weighted by Crippen LogP contribution is -2.08. The van der Waals surface area contributed by atoms with Crippen molar-refractivity contribution in [3.63, 3.8) is 0 Å². The van der Waals surface area contributed by atoms with Crippen molar-refractivity contribution in [2.45, 2.75) is 12.5 Å². The molecule has 2 aromatic carbocycles. The molecule has 0 saturated carbocycles. The minimum atomic E-state index is -0.0808. The maximum Gasteiger partial charge on any atom is 0.238 e. The number of aliphatic imine (C=N–C) groups is 1. The number of ether oxygens (including phenoxy) is 3. The van der Waals surface area contributed by atoms with E-state index in [2.05, 4.69) is 19.9 Å². The zero-order valence-corrected chi connectivity index (χ0v) is 17.6. The van der Waals surface area contributed by atoms with Crippen LogP contribution in [0, 0.1) is 0 Å². The van der Waals surface area contributed by atoms with Crippen molar-refractivity contribution < 1.29 is 14.2 Å². The zero-order chi connectivity index (χ0) is 21.7. The summed E-state index contributed by atoms with van der Waals surface area (Å²) in [7, 11) is 3.31. The van der Waals surface area contributed by atoms with Crippen LogP contribution in [0.3, 0.4) is 0 Å². The van der Waals surface area contributed by atoms with Crippen molar-refractivity contribution in [3.8, 4) is 22.9 Å². The summed E-state index contributed by atoms with van der Waals surface area (Å²) in [6.45, 7) is 0.473. The number of imidazole rings is 1. The highest BCUT2D eigenvalue weighted by molar-refractivity contribution is 5.95. The van der Waals surface area contributed by atoms with Gasteiger partial charge in [0.1, 0.15) is 36.2 Å². The largest absolute Gasteiger partial charge is 0.497 e. The molecular formula is C23H20N6O3. The summed E-state index contributed by atoms with van der Waals surface area (Å²) in [6.07, 6.45) is 4.17. The van der Waals surface area contributed by atoms with Gasteiger partial charge in [0.25, 0.3) is 0 Å². The highest BCUT2D eigenvalue weighted by atomic mass is 16.5. The molecule has 32 heavy (non-hydrogen) atoms. The zero-order valence-electron chi connectivity index (χ0n) is 17.6. The number of hydrogen-bond donors (Lipinski definition) is 0. The van der Waals surface area contributed by atoms with E-state index in [4.69, 9.17) is 19.2 Å².